The van der Waals surface area contributed by atoms with Gasteiger partial charge in [-0.1, -0.05) is 53.8 Å². The summed E-state index contributed by atoms with van der Waals surface area (Å²) in [6.07, 6.45) is 1.83. The molecule has 9 heteroatoms. The van der Waals surface area contributed by atoms with Crippen LogP contribution in [0.4, 0.5) is 0 Å². The van der Waals surface area contributed by atoms with Gasteiger partial charge in [-0.05, 0) is 83.5 Å². The minimum atomic E-state index is -0.677. The molecule has 1 atom stereocenters. The Labute approximate surface area is 243 Å². The zero-order valence-electron chi connectivity index (χ0n) is 22.0. The quantitative estimate of drug-likeness (QED) is 0.208. The maximum atomic E-state index is 14.0. The number of ether oxygens (including phenoxy) is 3. The fourth-order valence-electron chi connectivity index (χ4n) is 4.83. The zero-order chi connectivity index (χ0) is 27.7. The number of aromatic nitrogens is 1. The molecule has 1 aliphatic rings. The molecule has 5 rings (SSSR count). The van der Waals surface area contributed by atoms with Crippen molar-refractivity contribution >= 4 is 56.7 Å². The number of esters is 1. The number of carbonyl (C=O) groups excluding carboxylic acids is 1. The van der Waals surface area contributed by atoms with Crippen molar-refractivity contribution in [2.24, 2.45) is 4.99 Å². The minimum Gasteiger partial charge on any atom is -0.493 e. The second-order valence-electron chi connectivity index (χ2n) is 8.84. The first kappa shape index (κ1) is 27.1. The molecule has 1 aromatic heterocycles. The molecule has 0 saturated carbocycles. The molecular weight excluding hydrogens is 627 g/mol. The molecule has 1 aliphatic heterocycles. The van der Waals surface area contributed by atoms with Crippen LogP contribution in [0.15, 0.2) is 75.7 Å². The van der Waals surface area contributed by atoms with Gasteiger partial charge < -0.3 is 14.2 Å². The molecule has 0 aliphatic carbocycles. The van der Waals surface area contributed by atoms with Crippen molar-refractivity contribution in [3.05, 3.63) is 100 Å². The average Bonchev–Trinajstić information content (AvgIpc) is 3.23. The Bertz CT molecular complexity index is 1800. The van der Waals surface area contributed by atoms with Crippen LogP contribution in [0.3, 0.4) is 0 Å². The van der Waals surface area contributed by atoms with Crippen LogP contribution in [0.25, 0.3) is 16.8 Å². The van der Waals surface area contributed by atoms with Gasteiger partial charge in [-0.3, -0.25) is 9.36 Å². The number of nitrogens with zero attached hydrogens (tertiary/aromatic N) is 2. The number of hydrogen-bond acceptors (Lipinski definition) is 7. The zero-order valence-corrected chi connectivity index (χ0v) is 25.0. The Balaban J connectivity index is 1.75. The second-order valence-corrected chi connectivity index (χ2v) is 11.0. The van der Waals surface area contributed by atoms with Gasteiger partial charge >= 0.3 is 5.97 Å². The molecule has 4 aromatic rings. The number of hydrogen-bond donors (Lipinski definition) is 0. The Morgan fingerprint density at radius 1 is 1.13 bits per heavy atom. The molecule has 0 unspecified atom stereocenters. The third-order valence-electron chi connectivity index (χ3n) is 6.47. The molecule has 0 bridgehead atoms. The normalized spacial score (nSPS) is 15.2. The lowest BCUT2D eigenvalue weighted by Crippen LogP contribution is -2.40. The summed E-state index contributed by atoms with van der Waals surface area (Å²) in [5.74, 6) is 0.790. The Kier molecular flexibility index (Phi) is 7.90. The van der Waals surface area contributed by atoms with E-state index in [9.17, 15) is 9.59 Å². The maximum absolute atomic E-state index is 14.0. The molecule has 0 fully saturated rings. The van der Waals surface area contributed by atoms with Crippen molar-refractivity contribution in [1.29, 1.82) is 0 Å². The smallest absolute Gasteiger partial charge is 0.338 e. The third kappa shape index (κ3) is 5.00. The summed E-state index contributed by atoms with van der Waals surface area (Å²) in [5, 5.41) is 1.98. The molecule has 0 spiro atoms. The van der Waals surface area contributed by atoms with E-state index in [-0.39, 0.29) is 12.2 Å². The van der Waals surface area contributed by atoms with Crippen LogP contribution < -0.4 is 24.4 Å². The number of allylic oxidation sites excluding steroid dienone is 1. The van der Waals surface area contributed by atoms with Crippen molar-refractivity contribution in [3.8, 4) is 11.5 Å². The van der Waals surface area contributed by atoms with E-state index in [1.54, 1.807) is 25.5 Å². The Hall–Kier alpha value is -3.44. The van der Waals surface area contributed by atoms with Crippen molar-refractivity contribution in [1.82, 2.24) is 4.57 Å². The van der Waals surface area contributed by atoms with Crippen LogP contribution in [-0.4, -0.2) is 30.9 Å². The van der Waals surface area contributed by atoms with Crippen molar-refractivity contribution in [3.63, 3.8) is 0 Å². The predicted molar refractivity (Wildman–Crippen MR) is 161 cm³/mol. The molecule has 0 amide bonds. The second kappa shape index (κ2) is 11.4. The number of methoxy groups -OCH3 is 1. The van der Waals surface area contributed by atoms with Gasteiger partial charge in [0.05, 0.1) is 45.7 Å². The van der Waals surface area contributed by atoms with Crippen molar-refractivity contribution < 1.29 is 19.0 Å². The van der Waals surface area contributed by atoms with E-state index in [1.807, 2.05) is 67.6 Å². The summed E-state index contributed by atoms with van der Waals surface area (Å²) in [6, 6.07) is 17.0. The molecular formula is C30H27IN2O5S. The van der Waals surface area contributed by atoms with E-state index in [2.05, 4.69) is 22.6 Å². The lowest BCUT2D eigenvalue weighted by atomic mass is 9.91. The average molecular weight is 655 g/mol. The molecule has 39 heavy (non-hydrogen) atoms. The summed E-state index contributed by atoms with van der Waals surface area (Å²) < 4.78 is 19.7. The van der Waals surface area contributed by atoms with Crippen LogP contribution in [0.5, 0.6) is 11.5 Å². The highest BCUT2D eigenvalue weighted by molar-refractivity contribution is 14.1. The number of rotatable bonds is 7. The summed E-state index contributed by atoms with van der Waals surface area (Å²) in [5.41, 5.74) is 2.32. The minimum absolute atomic E-state index is 0.223. The van der Waals surface area contributed by atoms with Gasteiger partial charge in [-0.2, -0.15) is 0 Å². The van der Waals surface area contributed by atoms with Gasteiger partial charge in [-0.25, -0.2) is 9.79 Å². The summed E-state index contributed by atoms with van der Waals surface area (Å²) in [7, 11) is 1.59. The largest absolute Gasteiger partial charge is 0.493 e. The molecule has 2 heterocycles. The standard InChI is InChI=1S/C30H27IN2O5S/c1-5-37-27-22(31)14-18(15-23(27)36-4)16-24-28(34)33-26(21-13-9-11-19-10-7-8-12-20(19)21)25(29(35)38-6-2)17(3)32-30(33)39-24/h7-16,26H,5-6H2,1-4H3/b24-16-/t26-/m1/s1. The van der Waals surface area contributed by atoms with Gasteiger partial charge in [0.2, 0.25) is 0 Å². The van der Waals surface area contributed by atoms with Gasteiger partial charge in [0.15, 0.2) is 16.3 Å². The van der Waals surface area contributed by atoms with E-state index >= 15 is 0 Å². The molecule has 0 saturated heterocycles. The highest BCUT2D eigenvalue weighted by atomic mass is 127. The third-order valence-corrected chi connectivity index (χ3v) is 8.26. The van der Waals surface area contributed by atoms with Crippen LogP contribution in [0, 0.1) is 3.57 Å². The fourth-order valence-corrected chi connectivity index (χ4v) is 6.66. The fraction of sp³-hybridized carbons (Fsp3) is 0.233. The first-order chi connectivity index (χ1) is 18.9. The van der Waals surface area contributed by atoms with E-state index in [4.69, 9.17) is 19.2 Å². The predicted octanol–water partition coefficient (Wildman–Crippen LogP) is 4.96. The summed E-state index contributed by atoms with van der Waals surface area (Å²) in [4.78, 5) is 32.5. The highest BCUT2D eigenvalue weighted by Crippen LogP contribution is 2.36. The van der Waals surface area contributed by atoms with Gasteiger partial charge in [0.25, 0.3) is 5.56 Å². The molecule has 200 valence electrons. The highest BCUT2D eigenvalue weighted by Gasteiger charge is 2.34. The molecule has 0 N–H and O–H groups in total. The van der Waals surface area contributed by atoms with E-state index in [0.717, 1.165) is 25.5 Å². The monoisotopic (exact) mass is 654 g/mol. The van der Waals surface area contributed by atoms with E-state index in [1.165, 1.54) is 11.3 Å². The maximum Gasteiger partial charge on any atom is 0.338 e. The number of carbonyl (C=O) groups is 1. The number of thiazole rings is 1. The van der Waals surface area contributed by atoms with Gasteiger partial charge in [-0.15, -0.1) is 0 Å². The van der Waals surface area contributed by atoms with Crippen molar-refractivity contribution in [2.75, 3.05) is 20.3 Å². The number of fused-ring (bicyclic) bond motifs is 2. The number of benzene rings is 3. The van der Waals surface area contributed by atoms with Gasteiger partial charge in [0.1, 0.15) is 0 Å². The molecule has 7 nitrogen and oxygen atoms in total. The van der Waals surface area contributed by atoms with Gasteiger partial charge in [0, 0.05) is 0 Å². The van der Waals surface area contributed by atoms with Crippen LogP contribution in [0.1, 0.15) is 37.9 Å². The summed E-state index contributed by atoms with van der Waals surface area (Å²) >= 11 is 3.50. The first-order valence-corrected chi connectivity index (χ1v) is 14.4. The Morgan fingerprint density at radius 2 is 1.90 bits per heavy atom. The molecule has 0 radical (unpaired) electrons. The Morgan fingerprint density at radius 3 is 2.64 bits per heavy atom. The van der Waals surface area contributed by atoms with E-state index in [0.29, 0.717) is 38.7 Å². The topological polar surface area (TPSA) is 79.1 Å². The SMILES string of the molecule is CCOC(=O)C1=C(C)N=c2s/c(=C\c3cc(I)c(OCC)c(OC)c3)c(=O)n2[C@@H]1c1cccc2ccccc12. The lowest BCUT2D eigenvalue weighted by molar-refractivity contribution is -0.139. The van der Waals surface area contributed by atoms with Crippen LogP contribution in [0.2, 0.25) is 0 Å². The number of halogens is 1. The van der Waals surface area contributed by atoms with Crippen LogP contribution >= 0.6 is 33.9 Å². The summed E-state index contributed by atoms with van der Waals surface area (Å²) in [6.45, 7) is 6.22. The lowest BCUT2D eigenvalue weighted by Gasteiger charge is -2.25. The molecule has 3 aromatic carbocycles. The van der Waals surface area contributed by atoms with Crippen LogP contribution in [-0.2, 0) is 9.53 Å². The van der Waals surface area contributed by atoms with Crippen molar-refractivity contribution in [2.45, 2.75) is 26.8 Å². The van der Waals surface area contributed by atoms with E-state index < -0.39 is 12.0 Å². The first-order valence-electron chi connectivity index (χ1n) is 12.6.